The number of likely N-dealkylation sites (tertiary alicyclic amines) is 1. The molecule has 142 valence electrons. The number of sulfone groups is 1. The van der Waals surface area contributed by atoms with Crippen LogP contribution in [0, 0.1) is 0 Å². The normalized spacial score (nSPS) is 26.5. The lowest BCUT2D eigenvalue weighted by Gasteiger charge is -2.40. The lowest BCUT2D eigenvalue weighted by molar-refractivity contribution is 0.106. The summed E-state index contributed by atoms with van der Waals surface area (Å²) in [5.74, 6) is 0.277. The van der Waals surface area contributed by atoms with Gasteiger partial charge in [0.1, 0.15) is 0 Å². The zero-order valence-corrected chi connectivity index (χ0v) is 15.9. The van der Waals surface area contributed by atoms with Gasteiger partial charge < -0.3 is 10.2 Å². The van der Waals surface area contributed by atoms with Crippen molar-refractivity contribution in [3.8, 4) is 0 Å². The van der Waals surface area contributed by atoms with Crippen LogP contribution in [0.15, 0.2) is 24.3 Å². The molecule has 1 N–H and O–H groups in total. The van der Waals surface area contributed by atoms with Crippen LogP contribution in [0.4, 0.5) is 4.79 Å². The average Bonchev–Trinajstić information content (AvgIpc) is 2.99. The second-order valence-corrected chi connectivity index (χ2v) is 9.99. The first-order valence-corrected chi connectivity index (χ1v) is 11.4. The van der Waals surface area contributed by atoms with Crippen LogP contribution in [0.1, 0.15) is 30.4 Å². The fourth-order valence-corrected chi connectivity index (χ4v) is 6.11. The molecule has 1 aromatic carbocycles. The van der Waals surface area contributed by atoms with Crippen LogP contribution in [0.25, 0.3) is 0 Å². The number of hydrogen-bond donors (Lipinski definition) is 1. The topological polar surface area (TPSA) is 69.7 Å². The van der Waals surface area contributed by atoms with Crippen molar-refractivity contribution in [3.63, 3.8) is 0 Å². The molecule has 6 nitrogen and oxygen atoms in total. The molecule has 2 fully saturated rings. The van der Waals surface area contributed by atoms with E-state index < -0.39 is 9.84 Å². The Bertz CT molecular complexity index is 772. The molecule has 0 bridgehead atoms. The van der Waals surface area contributed by atoms with E-state index in [1.54, 1.807) is 0 Å². The van der Waals surface area contributed by atoms with Crippen LogP contribution >= 0.6 is 0 Å². The number of benzene rings is 1. The average molecular weight is 378 g/mol. The first kappa shape index (κ1) is 17.8. The standard InChI is InChI=1S/C19H27N3O3S/c23-19(20-17-8-12-26(24,25)14-17)21-10-6-18(7-11-21)22-9-5-15-3-1-2-4-16(15)13-22/h1-4,17-18H,5-14H2,(H,20,23). The zero-order chi connectivity index (χ0) is 18.1. The molecule has 4 rings (SSSR count). The molecule has 7 heteroatoms. The number of piperidine rings is 1. The smallest absolute Gasteiger partial charge is 0.317 e. The SMILES string of the molecule is O=C(NC1CCS(=O)(=O)C1)N1CCC(N2CCc3ccccc3C2)CC1. The summed E-state index contributed by atoms with van der Waals surface area (Å²) in [6, 6.07) is 8.88. The summed E-state index contributed by atoms with van der Waals surface area (Å²) >= 11 is 0. The molecule has 0 aromatic heterocycles. The fourth-order valence-electron chi connectivity index (χ4n) is 4.44. The van der Waals surface area contributed by atoms with Crippen molar-refractivity contribution < 1.29 is 13.2 Å². The number of carbonyl (C=O) groups is 1. The van der Waals surface area contributed by atoms with Gasteiger partial charge in [0.05, 0.1) is 11.5 Å². The van der Waals surface area contributed by atoms with Crippen LogP contribution in [-0.4, -0.2) is 67.5 Å². The van der Waals surface area contributed by atoms with E-state index in [1.807, 2.05) is 4.90 Å². The Morgan fingerprint density at radius 2 is 1.77 bits per heavy atom. The Labute approximate surface area is 155 Å². The van der Waals surface area contributed by atoms with Gasteiger partial charge in [0.2, 0.25) is 0 Å². The number of amides is 2. The molecule has 1 atom stereocenters. The highest BCUT2D eigenvalue weighted by Crippen LogP contribution is 2.25. The molecule has 2 saturated heterocycles. The van der Waals surface area contributed by atoms with Gasteiger partial charge in [-0.1, -0.05) is 24.3 Å². The van der Waals surface area contributed by atoms with E-state index in [0.29, 0.717) is 12.5 Å². The van der Waals surface area contributed by atoms with E-state index in [4.69, 9.17) is 0 Å². The number of hydrogen-bond acceptors (Lipinski definition) is 4. The highest BCUT2D eigenvalue weighted by molar-refractivity contribution is 7.91. The Kier molecular flexibility index (Phi) is 4.92. The molecule has 0 aliphatic carbocycles. The van der Waals surface area contributed by atoms with Gasteiger partial charge >= 0.3 is 6.03 Å². The molecule has 0 saturated carbocycles. The Morgan fingerprint density at radius 3 is 2.46 bits per heavy atom. The minimum Gasteiger partial charge on any atom is -0.334 e. The van der Waals surface area contributed by atoms with Gasteiger partial charge in [-0.05, 0) is 36.8 Å². The second-order valence-electron chi connectivity index (χ2n) is 7.76. The number of rotatable bonds is 2. The molecule has 0 radical (unpaired) electrons. The molecule has 3 aliphatic rings. The van der Waals surface area contributed by atoms with Gasteiger partial charge in [0.15, 0.2) is 9.84 Å². The number of fused-ring (bicyclic) bond motifs is 1. The Balaban J connectivity index is 1.27. The maximum atomic E-state index is 12.4. The van der Waals surface area contributed by atoms with E-state index in [-0.39, 0.29) is 23.6 Å². The highest BCUT2D eigenvalue weighted by atomic mass is 32.2. The summed E-state index contributed by atoms with van der Waals surface area (Å²) in [6.07, 6.45) is 3.61. The summed E-state index contributed by atoms with van der Waals surface area (Å²) in [5, 5.41) is 2.91. The van der Waals surface area contributed by atoms with E-state index in [9.17, 15) is 13.2 Å². The fraction of sp³-hybridized carbons (Fsp3) is 0.632. The number of nitrogens with one attached hydrogen (secondary N) is 1. The Hall–Kier alpha value is -1.60. The second kappa shape index (κ2) is 7.19. The third-order valence-electron chi connectivity index (χ3n) is 5.99. The molecule has 26 heavy (non-hydrogen) atoms. The maximum Gasteiger partial charge on any atom is 0.317 e. The van der Waals surface area contributed by atoms with Crippen molar-refractivity contribution in [3.05, 3.63) is 35.4 Å². The van der Waals surface area contributed by atoms with Crippen molar-refractivity contribution in [2.45, 2.75) is 44.3 Å². The monoisotopic (exact) mass is 377 g/mol. The van der Waals surface area contributed by atoms with Gasteiger partial charge in [-0.3, -0.25) is 4.90 Å². The molecule has 0 spiro atoms. The summed E-state index contributed by atoms with van der Waals surface area (Å²) in [5.41, 5.74) is 2.90. The van der Waals surface area contributed by atoms with Crippen molar-refractivity contribution in [2.24, 2.45) is 0 Å². The molecular weight excluding hydrogens is 350 g/mol. The largest absolute Gasteiger partial charge is 0.334 e. The predicted molar refractivity (Wildman–Crippen MR) is 101 cm³/mol. The lowest BCUT2D eigenvalue weighted by atomic mass is 9.95. The van der Waals surface area contributed by atoms with Gasteiger partial charge in [-0.15, -0.1) is 0 Å². The van der Waals surface area contributed by atoms with Crippen molar-refractivity contribution in [2.75, 3.05) is 31.1 Å². The van der Waals surface area contributed by atoms with E-state index in [0.717, 1.165) is 45.4 Å². The number of urea groups is 1. The van der Waals surface area contributed by atoms with Crippen LogP contribution in [0.3, 0.4) is 0 Å². The van der Waals surface area contributed by atoms with Crippen LogP contribution in [-0.2, 0) is 22.8 Å². The summed E-state index contributed by atoms with van der Waals surface area (Å²) in [7, 11) is -2.96. The molecule has 1 unspecified atom stereocenters. The van der Waals surface area contributed by atoms with Gasteiger partial charge in [-0.25, -0.2) is 13.2 Å². The van der Waals surface area contributed by atoms with Crippen molar-refractivity contribution in [1.82, 2.24) is 15.1 Å². The predicted octanol–water partition coefficient (Wildman–Crippen LogP) is 1.41. The first-order valence-electron chi connectivity index (χ1n) is 9.57. The van der Waals surface area contributed by atoms with E-state index in [2.05, 4.69) is 34.5 Å². The van der Waals surface area contributed by atoms with Crippen LogP contribution < -0.4 is 5.32 Å². The number of nitrogens with zero attached hydrogens (tertiary/aromatic N) is 2. The minimum absolute atomic E-state index is 0.0857. The molecule has 3 heterocycles. The van der Waals surface area contributed by atoms with Gasteiger partial charge in [0, 0.05) is 38.3 Å². The van der Waals surface area contributed by atoms with Gasteiger partial charge in [-0.2, -0.15) is 0 Å². The van der Waals surface area contributed by atoms with E-state index in [1.165, 1.54) is 11.1 Å². The third-order valence-corrected chi connectivity index (χ3v) is 7.76. The molecular formula is C19H27N3O3S. The van der Waals surface area contributed by atoms with E-state index >= 15 is 0 Å². The van der Waals surface area contributed by atoms with Gasteiger partial charge in [0.25, 0.3) is 0 Å². The van der Waals surface area contributed by atoms with Crippen LogP contribution in [0.2, 0.25) is 0 Å². The Morgan fingerprint density at radius 1 is 1.04 bits per heavy atom. The van der Waals surface area contributed by atoms with Crippen LogP contribution in [0.5, 0.6) is 0 Å². The first-order chi connectivity index (χ1) is 12.5. The van der Waals surface area contributed by atoms with Crippen molar-refractivity contribution >= 4 is 15.9 Å². The molecule has 1 aromatic rings. The number of carbonyl (C=O) groups excluding carboxylic acids is 1. The maximum absolute atomic E-state index is 12.4. The molecule has 3 aliphatic heterocycles. The minimum atomic E-state index is -2.96. The molecule has 2 amide bonds. The summed E-state index contributed by atoms with van der Waals surface area (Å²) in [6.45, 7) is 3.59. The summed E-state index contributed by atoms with van der Waals surface area (Å²) in [4.78, 5) is 16.8. The quantitative estimate of drug-likeness (QED) is 0.846. The highest BCUT2D eigenvalue weighted by Gasteiger charge is 2.32. The lowest BCUT2D eigenvalue weighted by Crippen LogP contribution is -2.52. The summed E-state index contributed by atoms with van der Waals surface area (Å²) < 4.78 is 23.1. The third kappa shape index (κ3) is 3.88. The van der Waals surface area contributed by atoms with Crippen molar-refractivity contribution in [1.29, 1.82) is 0 Å². The zero-order valence-electron chi connectivity index (χ0n) is 15.1.